The van der Waals surface area contributed by atoms with Gasteiger partial charge in [-0.05, 0) is 22.8 Å². The molecular formula is C23H26O3. The number of aliphatic hydroxyl groups is 2. The maximum Gasteiger partial charge on any atom is 0.180 e. The highest BCUT2D eigenvalue weighted by Gasteiger charge is 2.33. The standard InChI is InChI=1S/C21H20O3.C2H6/c1-2-17(14-9-15-20(23)16-22)21(24,18-10-5-3-6-11-18)19-12-7-4-8-13-19;1-2/h2-15,22,24H,1,16H2;1-2H3/b15-9+,17-14+;. The van der Waals surface area contributed by atoms with E-state index in [1.807, 2.05) is 74.5 Å². The number of rotatable bonds is 7. The van der Waals surface area contributed by atoms with E-state index >= 15 is 0 Å². The number of aliphatic hydroxyl groups excluding tert-OH is 1. The highest BCUT2D eigenvalue weighted by atomic mass is 16.3. The van der Waals surface area contributed by atoms with Gasteiger partial charge < -0.3 is 10.2 Å². The Labute approximate surface area is 155 Å². The lowest BCUT2D eigenvalue weighted by molar-refractivity contribution is -0.117. The van der Waals surface area contributed by atoms with Crippen molar-refractivity contribution < 1.29 is 15.0 Å². The Balaban J connectivity index is 0.00000163. The summed E-state index contributed by atoms with van der Waals surface area (Å²) >= 11 is 0. The summed E-state index contributed by atoms with van der Waals surface area (Å²) in [5, 5.41) is 20.3. The zero-order valence-corrected chi connectivity index (χ0v) is 15.3. The van der Waals surface area contributed by atoms with Crippen molar-refractivity contribution in [3.63, 3.8) is 0 Å². The molecule has 2 aromatic carbocycles. The monoisotopic (exact) mass is 350 g/mol. The summed E-state index contributed by atoms with van der Waals surface area (Å²) in [4.78, 5) is 11.2. The Morgan fingerprint density at radius 2 is 1.46 bits per heavy atom. The minimum absolute atomic E-state index is 0.405. The van der Waals surface area contributed by atoms with Gasteiger partial charge >= 0.3 is 0 Å². The first-order chi connectivity index (χ1) is 12.6. The van der Waals surface area contributed by atoms with Crippen LogP contribution < -0.4 is 0 Å². The molecule has 26 heavy (non-hydrogen) atoms. The van der Waals surface area contributed by atoms with Crippen LogP contribution in [0.25, 0.3) is 0 Å². The molecule has 2 N–H and O–H groups in total. The van der Waals surface area contributed by atoms with Crippen LogP contribution in [-0.2, 0) is 10.4 Å². The van der Waals surface area contributed by atoms with Gasteiger partial charge in [0.25, 0.3) is 0 Å². The minimum atomic E-state index is -1.39. The van der Waals surface area contributed by atoms with Crippen molar-refractivity contribution in [1.82, 2.24) is 0 Å². The van der Waals surface area contributed by atoms with Gasteiger partial charge in [-0.25, -0.2) is 0 Å². The fourth-order valence-electron chi connectivity index (χ4n) is 2.51. The highest BCUT2D eigenvalue weighted by molar-refractivity contribution is 5.90. The normalized spacial score (nSPS) is 11.6. The van der Waals surface area contributed by atoms with E-state index in [-0.39, 0.29) is 0 Å². The fraction of sp³-hybridized carbons (Fsp3) is 0.174. The average Bonchev–Trinajstić information content (AvgIpc) is 2.73. The molecule has 0 heterocycles. The number of allylic oxidation sites excluding steroid dienone is 2. The van der Waals surface area contributed by atoms with Crippen LogP contribution in [0.1, 0.15) is 25.0 Å². The van der Waals surface area contributed by atoms with Crippen LogP contribution in [0.2, 0.25) is 0 Å². The summed E-state index contributed by atoms with van der Waals surface area (Å²) in [6, 6.07) is 18.5. The Bertz CT molecular complexity index is 704. The van der Waals surface area contributed by atoms with Crippen molar-refractivity contribution in [1.29, 1.82) is 0 Å². The molecule has 0 aromatic heterocycles. The first-order valence-electron chi connectivity index (χ1n) is 8.61. The van der Waals surface area contributed by atoms with E-state index in [1.165, 1.54) is 12.2 Å². The molecule has 0 aliphatic carbocycles. The maximum atomic E-state index is 11.5. The number of carbonyl (C=O) groups is 1. The van der Waals surface area contributed by atoms with Crippen molar-refractivity contribution in [2.75, 3.05) is 6.61 Å². The molecule has 0 aliphatic heterocycles. The lowest BCUT2D eigenvalue weighted by Crippen LogP contribution is -2.29. The van der Waals surface area contributed by atoms with E-state index in [2.05, 4.69) is 6.58 Å². The molecule has 0 aliphatic rings. The third kappa shape index (κ3) is 5.12. The second kappa shape index (κ2) is 11.0. The zero-order chi connectivity index (χ0) is 19.4. The van der Waals surface area contributed by atoms with E-state index in [1.54, 1.807) is 12.2 Å². The summed E-state index contributed by atoms with van der Waals surface area (Å²) < 4.78 is 0. The van der Waals surface area contributed by atoms with Crippen LogP contribution in [0.5, 0.6) is 0 Å². The van der Waals surface area contributed by atoms with Crippen LogP contribution in [-0.4, -0.2) is 22.6 Å². The van der Waals surface area contributed by atoms with Gasteiger partial charge in [-0.1, -0.05) is 99.3 Å². The number of carbonyl (C=O) groups excluding carboxylic acids is 1. The molecule has 3 heteroatoms. The number of benzene rings is 2. The highest BCUT2D eigenvalue weighted by Crippen LogP contribution is 2.37. The van der Waals surface area contributed by atoms with Gasteiger partial charge in [0.1, 0.15) is 12.2 Å². The predicted octanol–water partition coefficient (Wildman–Crippen LogP) is 4.18. The summed E-state index contributed by atoms with van der Waals surface area (Å²) in [7, 11) is 0. The van der Waals surface area contributed by atoms with Gasteiger partial charge in [-0.15, -0.1) is 0 Å². The summed E-state index contributed by atoms with van der Waals surface area (Å²) in [6.45, 7) is 7.25. The summed E-state index contributed by atoms with van der Waals surface area (Å²) in [5.74, 6) is -0.405. The molecule has 0 saturated heterocycles. The Hall–Kier alpha value is -2.75. The zero-order valence-electron chi connectivity index (χ0n) is 15.3. The molecule has 0 amide bonds. The Morgan fingerprint density at radius 1 is 1.00 bits per heavy atom. The minimum Gasteiger partial charge on any atom is -0.388 e. The molecule has 0 atom stereocenters. The molecule has 0 unspecified atom stereocenters. The average molecular weight is 350 g/mol. The molecular weight excluding hydrogens is 324 g/mol. The number of hydrogen-bond donors (Lipinski definition) is 2. The molecule has 3 nitrogen and oxygen atoms in total. The second-order valence-corrected chi connectivity index (χ2v) is 5.25. The SMILES string of the molecule is C=C/C(=C\C=C\C(=O)CO)C(O)(c1ccccc1)c1ccccc1.CC. The largest absolute Gasteiger partial charge is 0.388 e. The van der Waals surface area contributed by atoms with Crippen molar-refractivity contribution >= 4 is 5.78 Å². The van der Waals surface area contributed by atoms with Gasteiger partial charge in [0, 0.05) is 0 Å². The van der Waals surface area contributed by atoms with Gasteiger partial charge in [0.2, 0.25) is 0 Å². The van der Waals surface area contributed by atoms with Crippen LogP contribution in [0.3, 0.4) is 0 Å². The molecule has 0 fully saturated rings. The van der Waals surface area contributed by atoms with Gasteiger partial charge in [0.05, 0.1) is 0 Å². The first-order valence-corrected chi connectivity index (χ1v) is 8.61. The molecule has 136 valence electrons. The number of ketones is 1. The fourth-order valence-corrected chi connectivity index (χ4v) is 2.51. The van der Waals surface area contributed by atoms with Gasteiger partial charge in [0.15, 0.2) is 5.78 Å². The smallest absolute Gasteiger partial charge is 0.180 e. The van der Waals surface area contributed by atoms with E-state index < -0.39 is 18.0 Å². The van der Waals surface area contributed by atoms with Crippen LogP contribution in [0.15, 0.2) is 97.1 Å². The molecule has 0 saturated carbocycles. The number of hydrogen-bond acceptors (Lipinski definition) is 3. The van der Waals surface area contributed by atoms with Crippen LogP contribution in [0, 0.1) is 0 Å². The van der Waals surface area contributed by atoms with E-state index in [0.717, 1.165) is 0 Å². The van der Waals surface area contributed by atoms with Crippen LogP contribution in [0.4, 0.5) is 0 Å². The molecule has 2 rings (SSSR count). The maximum absolute atomic E-state index is 11.5. The first kappa shape index (κ1) is 21.3. The summed E-state index contributed by atoms with van der Waals surface area (Å²) in [6.07, 6.45) is 5.96. The third-order valence-corrected chi connectivity index (χ3v) is 3.73. The van der Waals surface area contributed by atoms with E-state index in [0.29, 0.717) is 16.7 Å². The lowest BCUT2D eigenvalue weighted by Gasteiger charge is -2.30. The van der Waals surface area contributed by atoms with Gasteiger partial charge in [-0.2, -0.15) is 0 Å². The van der Waals surface area contributed by atoms with Crippen molar-refractivity contribution in [2.45, 2.75) is 19.4 Å². The van der Waals surface area contributed by atoms with Gasteiger partial charge in [-0.3, -0.25) is 4.79 Å². The van der Waals surface area contributed by atoms with Crippen molar-refractivity contribution in [2.24, 2.45) is 0 Å². The molecule has 0 bridgehead atoms. The molecule has 2 aromatic rings. The molecule has 0 radical (unpaired) electrons. The third-order valence-electron chi connectivity index (χ3n) is 3.73. The predicted molar refractivity (Wildman–Crippen MR) is 107 cm³/mol. The molecule has 0 spiro atoms. The van der Waals surface area contributed by atoms with Crippen molar-refractivity contribution in [3.8, 4) is 0 Å². The van der Waals surface area contributed by atoms with Crippen LogP contribution >= 0.6 is 0 Å². The lowest BCUT2D eigenvalue weighted by atomic mass is 9.79. The van der Waals surface area contributed by atoms with Crippen molar-refractivity contribution in [3.05, 3.63) is 108 Å². The summed E-state index contributed by atoms with van der Waals surface area (Å²) in [5.41, 5.74) is 0.534. The topological polar surface area (TPSA) is 57.5 Å². The second-order valence-electron chi connectivity index (χ2n) is 5.25. The quantitative estimate of drug-likeness (QED) is 0.582. The Kier molecular flexibility index (Phi) is 8.99. The van der Waals surface area contributed by atoms with E-state index in [4.69, 9.17) is 5.11 Å². The van der Waals surface area contributed by atoms with E-state index in [9.17, 15) is 9.90 Å². The Morgan fingerprint density at radius 3 is 1.85 bits per heavy atom.